The van der Waals surface area contributed by atoms with Crippen molar-refractivity contribution in [1.82, 2.24) is 25.1 Å². The lowest BCUT2D eigenvalue weighted by atomic mass is 9.99. The van der Waals surface area contributed by atoms with Crippen molar-refractivity contribution in [2.24, 2.45) is 0 Å². The first kappa shape index (κ1) is 27.9. The summed E-state index contributed by atoms with van der Waals surface area (Å²) in [4.78, 5) is 31.1. The molecule has 0 radical (unpaired) electrons. The van der Waals surface area contributed by atoms with Gasteiger partial charge in [-0.3, -0.25) is 4.79 Å². The number of nitriles is 1. The number of hydrogen-bond donors (Lipinski definition) is 1. The Bertz CT molecular complexity index is 1780. The molecule has 0 unspecified atom stereocenters. The van der Waals surface area contributed by atoms with Gasteiger partial charge in [0.2, 0.25) is 5.91 Å². The van der Waals surface area contributed by atoms with Gasteiger partial charge in [0.05, 0.1) is 30.8 Å². The summed E-state index contributed by atoms with van der Waals surface area (Å²) in [5.74, 6) is 0.699. The fraction of sp³-hybridized carbons (Fsp3) is 0.514. The largest absolute Gasteiger partial charge is 0.462 e. The molecule has 1 N–H and O–H groups in total. The Hall–Kier alpha value is -4.20. The van der Waals surface area contributed by atoms with Crippen LogP contribution in [0, 0.1) is 18.3 Å². The zero-order chi connectivity index (χ0) is 34.8. The van der Waals surface area contributed by atoms with E-state index in [1.165, 1.54) is 34.1 Å². The number of fused-ring (bicyclic) bond motifs is 2. The maximum absolute atomic E-state index is 13.3. The number of nitrogens with zero attached hydrogens (tertiary/aromatic N) is 7. The van der Waals surface area contributed by atoms with E-state index in [-0.39, 0.29) is 37.0 Å². The van der Waals surface area contributed by atoms with E-state index in [4.69, 9.17) is 18.8 Å². The number of carbonyl (C=O) groups excluding carboxylic acids is 1. The molecule has 2 aromatic carbocycles. The van der Waals surface area contributed by atoms with Crippen molar-refractivity contribution in [2.75, 3.05) is 62.7 Å². The van der Waals surface area contributed by atoms with Gasteiger partial charge in [-0.1, -0.05) is 36.4 Å². The number of ether oxygens (including phenoxy) is 1. The van der Waals surface area contributed by atoms with Gasteiger partial charge in [-0.15, -0.1) is 0 Å². The molecule has 10 heteroatoms. The maximum Gasteiger partial charge on any atom is 0.318 e. The third kappa shape index (κ3) is 6.92. The zero-order valence-electron chi connectivity index (χ0n) is 30.2. The van der Waals surface area contributed by atoms with Crippen molar-refractivity contribution in [3.8, 4) is 12.1 Å². The van der Waals surface area contributed by atoms with Crippen LogP contribution in [0.1, 0.15) is 53.0 Å². The summed E-state index contributed by atoms with van der Waals surface area (Å²) in [6.45, 7) is 4.17. The van der Waals surface area contributed by atoms with Crippen LogP contribution >= 0.6 is 0 Å². The van der Waals surface area contributed by atoms with E-state index < -0.39 is 6.98 Å². The number of likely N-dealkylation sites (N-methyl/N-ethyl adjacent to an activating group) is 1. The maximum atomic E-state index is 13.3. The molecule has 2 atom stereocenters. The summed E-state index contributed by atoms with van der Waals surface area (Å²) < 4.78 is 30.2. The highest BCUT2D eigenvalue weighted by atomic mass is 16.5. The average Bonchev–Trinajstić information content (AvgIpc) is 3.80. The van der Waals surface area contributed by atoms with E-state index in [9.17, 15) is 10.1 Å². The standard InChI is InChI=1S/C37H46N8O2/c1-26-7-3-8-27-9-4-11-33(35(26)27)43-20-16-31-32(24-43)40-37(47-25-30-10-6-19-42(30)2)41-36(31)44-21-22-45(29(23-44)15-17-38)34(46)12-5-18-39-28-13-14-28/h3-5,7-9,11-12,28-30,39H,6,10,13-16,18-25H2,1-2H3/b12-5+/t29-,30-/m0/s1/i2D3. The smallest absolute Gasteiger partial charge is 0.318 e. The topological polar surface area (TPSA) is 101 Å². The van der Waals surface area contributed by atoms with E-state index in [0.717, 1.165) is 48.6 Å². The number of benzene rings is 2. The number of carbonyl (C=O) groups is 1. The number of hydrogen-bond acceptors (Lipinski definition) is 9. The molecule has 3 aliphatic heterocycles. The molecule has 10 nitrogen and oxygen atoms in total. The number of anilines is 2. The minimum atomic E-state index is -2.18. The van der Waals surface area contributed by atoms with Gasteiger partial charge < -0.3 is 29.7 Å². The second-order valence-electron chi connectivity index (χ2n) is 13.3. The molecule has 47 heavy (non-hydrogen) atoms. The summed E-state index contributed by atoms with van der Waals surface area (Å²) in [6.07, 6.45) is 8.37. The Morgan fingerprint density at radius 1 is 1.11 bits per heavy atom. The Balaban J connectivity index is 1.16. The highest BCUT2D eigenvalue weighted by molar-refractivity contribution is 5.97. The summed E-state index contributed by atoms with van der Waals surface area (Å²) >= 11 is 0. The van der Waals surface area contributed by atoms with Gasteiger partial charge in [0.15, 0.2) is 0 Å². The third-order valence-electron chi connectivity index (χ3n) is 9.99. The number of aromatic nitrogens is 2. The molecule has 2 saturated heterocycles. The second-order valence-corrected chi connectivity index (χ2v) is 13.3. The number of rotatable bonds is 10. The summed E-state index contributed by atoms with van der Waals surface area (Å²) in [6, 6.07) is 15.3. The number of nitrogens with one attached hydrogen (secondary N) is 1. The van der Waals surface area contributed by atoms with Gasteiger partial charge in [-0.2, -0.15) is 15.2 Å². The van der Waals surface area contributed by atoms with Crippen LogP contribution in [0.5, 0.6) is 6.01 Å². The Labute approximate surface area is 282 Å². The van der Waals surface area contributed by atoms with Crippen LogP contribution in [0.25, 0.3) is 10.8 Å². The van der Waals surface area contributed by atoms with Crippen LogP contribution in [0.2, 0.25) is 0 Å². The van der Waals surface area contributed by atoms with Gasteiger partial charge in [-0.05, 0) is 69.6 Å². The average molecular weight is 638 g/mol. The van der Waals surface area contributed by atoms with Crippen molar-refractivity contribution in [3.05, 3.63) is 65.4 Å². The molecule has 0 bridgehead atoms. The molecule has 1 aromatic heterocycles. The first-order chi connectivity index (χ1) is 24.2. The van der Waals surface area contributed by atoms with Crippen LogP contribution in [-0.2, 0) is 17.8 Å². The summed E-state index contributed by atoms with van der Waals surface area (Å²) in [5.41, 5.74) is 4.31. The second kappa shape index (κ2) is 13.9. The third-order valence-corrected chi connectivity index (χ3v) is 9.99. The molecule has 3 aromatic rings. The zero-order valence-corrected chi connectivity index (χ0v) is 27.2. The first-order valence-corrected chi connectivity index (χ1v) is 17.0. The molecule has 1 aliphatic carbocycles. The highest BCUT2D eigenvalue weighted by Gasteiger charge is 2.34. The van der Waals surface area contributed by atoms with Crippen LogP contribution in [0.4, 0.5) is 11.5 Å². The fourth-order valence-electron chi connectivity index (χ4n) is 7.26. The van der Waals surface area contributed by atoms with Crippen molar-refractivity contribution in [2.45, 2.75) is 70.1 Å². The molecular weight excluding hydrogens is 588 g/mol. The van der Waals surface area contributed by atoms with Gasteiger partial charge >= 0.3 is 6.01 Å². The number of amides is 1. The first-order valence-electron chi connectivity index (χ1n) is 18.5. The lowest BCUT2D eigenvalue weighted by Gasteiger charge is -2.42. The van der Waals surface area contributed by atoms with E-state index in [2.05, 4.69) is 64.5 Å². The predicted octanol–water partition coefficient (Wildman–Crippen LogP) is 4.21. The lowest BCUT2D eigenvalue weighted by molar-refractivity contribution is -0.128. The minimum absolute atomic E-state index is 0.0763. The van der Waals surface area contributed by atoms with Crippen molar-refractivity contribution < 1.29 is 13.6 Å². The van der Waals surface area contributed by atoms with Crippen LogP contribution in [0.15, 0.2) is 48.6 Å². The van der Waals surface area contributed by atoms with Gasteiger partial charge in [0.25, 0.3) is 0 Å². The molecule has 4 heterocycles. The van der Waals surface area contributed by atoms with Crippen LogP contribution in [-0.4, -0.2) is 96.7 Å². The Kier molecular flexibility index (Phi) is 8.23. The normalized spacial score (nSPS) is 23.0. The Morgan fingerprint density at radius 2 is 1.98 bits per heavy atom. The molecular formula is C37H46N8O2. The van der Waals surface area contributed by atoms with Crippen molar-refractivity contribution in [1.29, 1.82) is 5.26 Å². The summed E-state index contributed by atoms with van der Waals surface area (Å²) in [7, 11) is 0. The minimum Gasteiger partial charge on any atom is -0.462 e. The van der Waals surface area contributed by atoms with E-state index in [1.807, 2.05) is 11.0 Å². The monoisotopic (exact) mass is 637 g/mol. The van der Waals surface area contributed by atoms with Crippen molar-refractivity contribution >= 4 is 28.2 Å². The molecule has 4 aliphatic rings. The fourth-order valence-corrected chi connectivity index (χ4v) is 7.26. The van der Waals surface area contributed by atoms with Gasteiger partial charge in [0, 0.05) is 71.6 Å². The Morgan fingerprint density at radius 3 is 2.81 bits per heavy atom. The number of piperazine rings is 1. The molecule has 0 spiro atoms. The van der Waals surface area contributed by atoms with E-state index >= 15 is 0 Å². The van der Waals surface area contributed by atoms with Gasteiger partial charge in [0.1, 0.15) is 12.4 Å². The number of likely N-dealkylation sites (tertiary alicyclic amines) is 1. The molecule has 246 valence electrons. The van der Waals surface area contributed by atoms with Crippen molar-refractivity contribution in [3.63, 3.8) is 0 Å². The predicted molar refractivity (Wildman–Crippen MR) is 185 cm³/mol. The van der Waals surface area contributed by atoms with E-state index in [0.29, 0.717) is 45.3 Å². The molecule has 1 amide bonds. The lowest BCUT2D eigenvalue weighted by Crippen LogP contribution is -2.55. The summed E-state index contributed by atoms with van der Waals surface area (Å²) in [5, 5.41) is 15.6. The van der Waals surface area contributed by atoms with Gasteiger partial charge in [-0.25, -0.2) is 0 Å². The molecule has 3 fully saturated rings. The highest BCUT2D eigenvalue weighted by Crippen LogP contribution is 2.36. The molecule has 7 rings (SSSR count). The van der Waals surface area contributed by atoms with E-state index in [1.54, 1.807) is 6.08 Å². The number of aryl methyl sites for hydroxylation is 1. The van der Waals surface area contributed by atoms with Crippen LogP contribution < -0.4 is 19.9 Å². The molecule has 1 saturated carbocycles. The van der Waals surface area contributed by atoms with Crippen LogP contribution in [0.3, 0.4) is 0 Å². The quantitative estimate of drug-likeness (QED) is 0.328. The SMILES string of the molecule is [2H]C([2H])([2H])N1CCC[C@H]1COc1nc2c(c(N3CCN(C(=O)/C=C/CNC4CC4)[C@@H](CC#N)C3)n1)CCN(c1cccc3cccc(C)c13)C2.